The minimum Gasteiger partial charge on any atom is -0.372 e. The maximum Gasteiger partial charge on any atom is 0.180 e. The molecule has 108 valence electrons. The summed E-state index contributed by atoms with van der Waals surface area (Å²) < 4.78 is 2.05. The van der Waals surface area contributed by atoms with Crippen LogP contribution < -0.4 is 10.2 Å². The maximum absolute atomic E-state index is 4.74. The number of imidazole rings is 1. The fraction of sp³-hybridized carbons (Fsp3) is 0.600. The van der Waals surface area contributed by atoms with Crippen LogP contribution in [0, 0.1) is 5.41 Å². The van der Waals surface area contributed by atoms with E-state index in [0.29, 0.717) is 5.41 Å². The average molecular weight is 273 g/mol. The van der Waals surface area contributed by atoms with Crippen LogP contribution in [-0.2, 0) is 0 Å². The van der Waals surface area contributed by atoms with Crippen LogP contribution in [0.5, 0.6) is 0 Å². The van der Waals surface area contributed by atoms with E-state index < -0.39 is 0 Å². The van der Waals surface area contributed by atoms with Crippen LogP contribution in [0.4, 0.5) is 11.6 Å². The summed E-state index contributed by atoms with van der Waals surface area (Å²) in [7, 11) is 1.90. The zero-order valence-electron chi connectivity index (χ0n) is 12.6. The van der Waals surface area contributed by atoms with Crippen LogP contribution in [-0.4, -0.2) is 34.5 Å². The van der Waals surface area contributed by atoms with Crippen LogP contribution in [0.2, 0.25) is 0 Å². The van der Waals surface area contributed by atoms with Crippen LogP contribution >= 0.6 is 0 Å². The molecule has 1 fully saturated rings. The van der Waals surface area contributed by atoms with Gasteiger partial charge in [-0.05, 0) is 24.7 Å². The zero-order chi connectivity index (χ0) is 14.2. The SMILES string of the molecule is CNc1cn2ccnc2c(N2CCCC(C)(C)CC2)n1. The predicted molar refractivity (Wildman–Crippen MR) is 82.4 cm³/mol. The lowest BCUT2D eigenvalue weighted by atomic mass is 9.85. The first-order valence-electron chi connectivity index (χ1n) is 7.35. The molecule has 1 aliphatic heterocycles. The smallest absolute Gasteiger partial charge is 0.180 e. The van der Waals surface area contributed by atoms with Gasteiger partial charge in [-0.25, -0.2) is 9.97 Å². The molecule has 0 spiro atoms. The summed E-state index contributed by atoms with van der Waals surface area (Å²) in [6.07, 6.45) is 9.48. The Morgan fingerprint density at radius 1 is 1.25 bits per heavy atom. The summed E-state index contributed by atoms with van der Waals surface area (Å²) >= 11 is 0. The van der Waals surface area contributed by atoms with Gasteiger partial charge >= 0.3 is 0 Å². The molecule has 5 nitrogen and oxygen atoms in total. The van der Waals surface area contributed by atoms with Crippen molar-refractivity contribution in [3.8, 4) is 0 Å². The molecule has 0 amide bonds. The van der Waals surface area contributed by atoms with Crippen molar-refractivity contribution in [3.63, 3.8) is 0 Å². The predicted octanol–water partition coefficient (Wildman–Crippen LogP) is 2.79. The van der Waals surface area contributed by atoms with Crippen molar-refractivity contribution in [1.82, 2.24) is 14.4 Å². The molecule has 0 radical (unpaired) electrons. The highest BCUT2D eigenvalue weighted by molar-refractivity contribution is 5.66. The second-order valence-electron chi connectivity index (χ2n) is 6.36. The van der Waals surface area contributed by atoms with Crippen LogP contribution in [0.15, 0.2) is 18.6 Å². The van der Waals surface area contributed by atoms with Crippen LogP contribution in [0.1, 0.15) is 33.1 Å². The third kappa shape index (κ3) is 2.44. The third-order valence-electron chi connectivity index (χ3n) is 4.25. The van der Waals surface area contributed by atoms with Gasteiger partial charge in [-0.1, -0.05) is 13.8 Å². The molecule has 0 saturated carbocycles. The molecular weight excluding hydrogens is 250 g/mol. The van der Waals surface area contributed by atoms with Gasteiger partial charge in [-0.2, -0.15) is 0 Å². The first-order valence-corrected chi connectivity index (χ1v) is 7.35. The molecule has 2 aromatic rings. The molecule has 1 N–H and O–H groups in total. The van der Waals surface area contributed by atoms with Crippen molar-refractivity contribution in [3.05, 3.63) is 18.6 Å². The van der Waals surface area contributed by atoms with E-state index in [4.69, 9.17) is 4.98 Å². The fourth-order valence-corrected chi connectivity index (χ4v) is 2.88. The number of fused-ring (bicyclic) bond motifs is 1. The van der Waals surface area contributed by atoms with Gasteiger partial charge in [0, 0.05) is 32.5 Å². The Morgan fingerprint density at radius 2 is 2.10 bits per heavy atom. The topological polar surface area (TPSA) is 45.5 Å². The van der Waals surface area contributed by atoms with Gasteiger partial charge in [0.25, 0.3) is 0 Å². The van der Waals surface area contributed by atoms with Gasteiger partial charge in [0.2, 0.25) is 0 Å². The van der Waals surface area contributed by atoms with E-state index in [2.05, 4.69) is 29.0 Å². The normalized spacial score (nSPS) is 19.1. The molecule has 0 unspecified atom stereocenters. The van der Waals surface area contributed by atoms with Gasteiger partial charge in [-0.15, -0.1) is 0 Å². The Labute approximate surface area is 120 Å². The standard InChI is InChI=1S/C15H23N5/c1-15(2)5-4-8-19(9-6-15)14-13-17-7-10-20(13)11-12(16-3)18-14/h7,10-11,16H,4-6,8-9H2,1-3H3. The summed E-state index contributed by atoms with van der Waals surface area (Å²) in [5.74, 6) is 1.88. The van der Waals surface area contributed by atoms with E-state index in [1.807, 2.05) is 30.0 Å². The first kappa shape index (κ1) is 13.2. The van der Waals surface area contributed by atoms with E-state index in [-0.39, 0.29) is 0 Å². The van der Waals surface area contributed by atoms with Crippen molar-refractivity contribution in [1.29, 1.82) is 0 Å². The number of anilines is 2. The minimum atomic E-state index is 0.432. The molecule has 2 aromatic heterocycles. The molecule has 3 rings (SSSR count). The lowest BCUT2D eigenvalue weighted by molar-refractivity contribution is 0.325. The van der Waals surface area contributed by atoms with Crippen LogP contribution in [0.3, 0.4) is 0 Å². The molecule has 1 aliphatic rings. The summed E-state index contributed by atoms with van der Waals surface area (Å²) in [6, 6.07) is 0. The summed E-state index contributed by atoms with van der Waals surface area (Å²) in [4.78, 5) is 11.6. The van der Waals surface area contributed by atoms with E-state index >= 15 is 0 Å². The number of aromatic nitrogens is 3. The molecule has 1 saturated heterocycles. The molecular formula is C15H23N5. The van der Waals surface area contributed by atoms with Crippen molar-refractivity contribution in [2.75, 3.05) is 30.4 Å². The van der Waals surface area contributed by atoms with E-state index in [0.717, 1.165) is 30.4 Å². The molecule has 20 heavy (non-hydrogen) atoms. The highest BCUT2D eigenvalue weighted by Crippen LogP contribution is 2.32. The average Bonchev–Trinajstić information content (AvgIpc) is 2.82. The summed E-state index contributed by atoms with van der Waals surface area (Å²) in [5.41, 5.74) is 1.38. The van der Waals surface area contributed by atoms with Crippen molar-refractivity contribution < 1.29 is 0 Å². The monoisotopic (exact) mass is 273 g/mol. The molecule has 0 bridgehead atoms. The molecule has 3 heterocycles. The molecule has 0 atom stereocenters. The lowest BCUT2D eigenvalue weighted by Gasteiger charge is -2.24. The number of rotatable bonds is 2. The highest BCUT2D eigenvalue weighted by atomic mass is 15.2. The minimum absolute atomic E-state index is 0.432. The Hall–Kier alpha value is -1.78. The fourth-order valence-electron chi connectivity index (χ4n) is 2.88. The first-order chi connectivity index (χ1) is 9.59. The Morgan fingerprint density at radius 3 is 2.90 bits per heavy atom. The third-order valence-corrected chi connectivity index (χ3v) is 4.25. The van der Waals surface area contributed by atoms with Crippen molar-refractivity contribution >= 4 is 17.3 Å². The number of nitrogens with zero attached hydrogens (tertiary/aromatic N) is 4. The van der Waals surface area contributed by atoms with E-state index in [1.54, 1.807) is 0 Å². The van der Waals surface area contributed by atoms with Gasteiger partial charge in [0.1, 0.15) is 5.82 Å². The Kier molecular flexibility index (Phi) is 3.28. The second-order valence-corrected chi connectivity index (χ2v) is 6.36. The molecule has 0 aromatic carbocycles. The second kappa shape index (κ2) is 4.96. The van der Waals surface area contributed by atoms with E-state index in [1.165, 1.54) is 19.3 Å². The van der Waals surface area contributed by atoms with Crippen molar-refractivity contribution in [2.24, 2.45) is 5.41 Å². The van der Waals surface area contributed by atoms with Gasteiger partial charge < -0.3 is 14.6 Å². The zero-order valence-corrected chi connectivity index (χ0v) is 12.6. The highest BCUT2D eigenvalue weighted by Gasteiger charge is 2.25. The van der Waals surface area contributed by atoms with E-state index in [9.17, 15) is 0 Å². The van der Waals surface area contributed by atoms with Crippen molar-refractivity contribution in [2.45, 2.75) is 33.1 Å². The van der Waals surface area contributed by atoms with Gasteiger partial charge in [-0.3, -0.25) is 0 Å². The maximum atomic E-state index is 4.74. The summed E-state index contributed by atoms with van der Waals surface area (Å²) in [6.45, 7) is 6.83. The molecule has 0 aliphatic carbocycles. The quantitative estimate of drug-likeness (QED) is 0.914. The van der Waals surface area contributed by atoms with Crippen LogP contribution in [0.25, 0.3) is 5.65 Å². The van der Waals surface area contributed by atoms with Gasteiger partial charge in [0.05, 0.1) is 6.20 Å². The number of nitrogens with one attached hydrogen (secondary N) is 1. The van der Waals surface area contributed by atoms with Gasteiger partial charge in [0.15, 0.2) is 11.5 Å². The summed E-state index contributed by atoms with van der Waals surface area (Å²) in [5, 5.41) is 3.13. The lowest BCUT2D eigenvalue weighted by Crippen LogP contribution is -2.27. The Balaban J connectivity index is 1.98. The number of hydrogen-bond acceptors (Lipinski definition) is 4. The number of hydrogen-bond donors (Lipinski definition) is 1. The Bertz CT molecular complexity index is 601. The largest absolute Gasteiger partial charge is 0.372 e. The molecule has 5 heteroatoms.